The molecular formula is C22H21F3N4O. The molecule has 5 nitrogen and oxygen atoms in total. The third-order valence-corrected chi connectivity index (χ3v) is 4.75. The van der Waals surface area contributed by atoms with Gasteiger partial charge in [-0.05, 0) is 36.8 Å². The highest BCUT2D eigenvalue weighted by Crippen LogP contribution is 2.33. The smallest absolute Gasteiger partial charge is 0.369 e. The number of hydrogen-bond donors (Lipinski definition) is 2. The number of nitrogens with two attached hydrogens (primary N) is 1. The van der Waals surface area contributed by atoms with E-state index in [2.05, 4.69) is 15.3 Å². The van der Waals surface area contributed by atoms with Gasteiger partial charge in [-0.15, -0.1) is 0 Å². The van der Waals surface area contributed by atoms with Gasteiger partial charge >= 0.3 is 6.18 Å². The lowest BCUT2D eigenvalue weighted by Crippen LogP contribution is -2.22. The van der Waals surface area contributed by atoms with Gasteiger partial charge in [0.15, 0.2) is 0 Å². The number of hydrogen-bond acceptors (Lipinski definition) is 5. The van der Waals surface area contributed by atoms with E-state index < -0.39 is 23.2 Å². The zero-order valence-corrected chi connectivity index (χ0v) is 16.3. The van der Waals surface area contributed by atoms with E-state index in [-0.39, 0.29) is 17.3 Å². The summed E-state index contributed by atoms with van der Waals surface area (Å²) in [5.74, 6) is -0.715. The number of benzene rings is 1. The Hall–Kier alpha value is -3.26. The van der Waals surface area contributed by atoms with E-state index in [0.29, 0.717) is 18.8 Å². The maximum atomic E-state index is 13.5. The Morgan fingerprint density at radius 1 is 1.10 bits per heavy atom. The first-order valence-corrected chi connectivity index (χ1v) is 9.34. The molecule has 0 aliphatic heterocycles. The van der Waals surface area contributed by atoms with E-state index in [9.17, 15) is 18.0 Å². The molecule has 0 saturated carbocycles. The molecule has 0 radical (unpaired) electrons. The first kappa shape index (κ1) is 21.4. The van der Waals surface area contributed by atoms with Crippen LogP contribution in [0.5, 0.6) is 0 Å². The highest BCUT2D eigenvalue weighted by Gasteiger charge is 2.37. The molecule has 156 valence electrons. The van der Waals surface area contributed by atoms with Crippen molar-refractivity contribution in [2.24, 2.45) is 5.73 Å². The normalized spacial score (nSPS) is 12.4. The second kappa shape index (κ2) is 9.04. The number of rotatable bonds is 7. The Bertz CT molecular complexity index is 1020. The summed E-state index contributed by atoms with van der Waals surface area (Å²) >= 11 is 0. The van der Waals surface area contributed by atoms with Gasteiger partial charge in [-0.2, -0.15) is 13.2 Å². The minimum absolute atomic E-state index is 0.0602. The molecule has 0 fully saturated rings. The zero-order chi connectivity index (χ0) is 21.7. The van der Waals surface area contributed by atoms with E-state index >= 15 is 0 Å². The van der Waals surface area contributed by atoms with E-state index in [1.807, 2.05) is 30.3 Å². The molecule has 3 aromatic rings. The standard InChI is InChI=1S/C22H21F3N4O/c1-14-17(8-5-11-27-14)21(30)20-18(22(23,24)25)9-10-19(29-20)28-13-16(12-26)15-6-3-2-4-7-15/h2-11,16H,12-13,26H2,1H3,(H,28,29). The number of alkyl halides is 3. The lowest BCUT2D eigenvalue weighted by Gasteiger charge is -2.18. The number of ketones is 1. The largest absolute Gasteiger partial charge is 0.418 e. The van der Waals surface area contributed by atoms with Gasteiger partial charge in [-0.3, -0.25) is 9.78 Å². The molecule has 2 aromatic heterocycles. The van der Waals surface area contributed by atoms with Gasteiger partial charge in [-0.1, -0.05) is 30.3 Å². The Morgan fingerprint density at radius 2 is 1.83 bits per heavy atom. The van der Waals surface area contributed by atoms with E-state index in [1.54, 1.807) is 6.92 Å². The Morgan fingerprint density at radius 3 is 2.47 bits per heavy atom. The van der Waals surface area contributed by atoms with Crippen LogP contribution in [0.4, 0.5) is 19.0 Å². The van der Waals surface area contributed by atoms with Gasteiger partial charge in [0, 0.05) is 36.5 Å². The molecule has 8 heteroatoms. The summed E-state index contributed by atoms with van der Waals surface area (Å²) in [5, 5.41) is 3.01. The summed E-state index contributed by atoms with van der Waals surface area (Å²) in [7, 11) is 0. The number of aromatic nitrogens is 2. The number of pyridine rings is 2. The van der Waals surface area contributed by atoms with E-state index in [0.717, 1.165) is 11.6 Å². The number of halogens is 3. The fraction of sp³-hybridized carbons (Fsp3) is 0.227. The predicted molar refractivity (Wildman–Crippen MR) is 108 cm³/mol. The van der Waals surface area contributed by atoms with Gasteiger partial charge in [0.05, 0.1) is 5.56 Å². The van der Waals surface area contributed by atoms with Gasteiger partial charge in [0.25, 0.3) is 0 Å². The van der Waals surface area contributed by atoms with Crippen LogP contribution in [0.1, 0.15) is 38.8 Å². The van der Waals surface area contributed by atoms with Crippen LogP contribution in [0.3, 0.4) is 0 Å². The van der Waals surface area contributed by atoms with Crippen LogP contribution in [0, 0.1) is 6.92 Å². The van der Waals surface area contributed by atoms with Crippen LogP contribution in [0.2, 0.25) is 0 Å². The van der Waals surface area contributed by atoms with Gasteiger partial charge in [0.2, 0.25) is 5.78 Å². The average molecular weight is 414 g/mol. The molecule has 3 N–H and O–H groups in total. The molecular weight excluding hydrogens is 393 g/mol. The fourth-order valence-corrected chi connectivity index (χ4v) is 3.10. The molecule has 1 aromatic carbocycles. The monoisotopic (exact) mass is 414 g/mol. The molecule has 0 aliphatic rings. The second-order valence-electron chi connectivity index (χ2n) is 6.78. The average Bonchev–Trinajstić information content (AvgIpc) is 2.74. The molecule has 1 unspecified atom stereocenters. The summed E-state index contributed by atoms with van der Waals surface area (Å²) in [6.45, 7) is 2.27. The lowest BCUT2D eigenvalue weighted by molar-refractivity contribution is -0.138. The van der Waals surface area contributed by atoms with Crippen molar-refractivity contribution in [2.45, 2.75) is 19.0 Å². The molecule has 1 atom stereocenters. The van der Waals surface area contributed by atoms with E-state index in [1.165, 1.54) is 24.4 Å². The topological polar surface area (TPSA) is 80.9 Å². The van der Waals surface area contributed by atoms with Gasteiger partial charge < -0.3 is 11.1 Å². The highest BCUT2D eigenvalue weighted by molar-refractivity contribution is 6.09. The minimum Gasteiger partial charge on any atom is -0.369 e. The maximum Gasteiger partial charge on any atom is 0.418 e. The van der Waals surface area contributed by atoms with Gasteiger partial charge in [0.1, 0.15) is 11.5 Å². The number of anilines is 1. The fourth-order valence-electron chi connectivity index (χ4n) is 3.10. The summed E-state index contributed by atoms with van der Waals surface area (Å²) in [4.78, 5) is 20.8. The molecule has 0 bridgehead atoms. The van der Waals surface area contributed by atoms with Crippen molar-refractivity contribution >= 4 is 11.6 Å². The van der Waals surface area contributed by atoms with Crippen LogP contribution >= 0.6 is 0 Å². The number of aryl methyl sites for hydroxylation is 1. The first-order valence-electron chi connectivity index (χ1n) is 9.34. The van der Waals surface area contributed by atoms with Crippen LogP contribution < -0.4 is 11.1 Å². The summed E-state index contributed by atoms with van der Waals surface area (Å²) in [6.07, 6.45) is -3.24. The number of nitrogens with zero attached hydrogens (tertiary/aromatic N) is 2. The maximum absolute atomic E-state index is 13.5. The van der Waals surface area contributed by atoms with Crippen molar-refractivity contribution in [3.8, 4) is 0 Å². The Kier molecular flexibility index (Phi) is 6.47. The number of carbonyl (C=O) groups is 1. The van der Waals surface area contributed by atoms with Crippen molar-refractivity contribution < 1.29 is 18.0 Å². The van der Waals surface area contributed by atoms with Crippen LogP contribution in [0.15, 0.2) is 60.8 Å². The van der Waals surface area contributed by atoms with E-state index in [4.69, 9.17) is 5.73 Å². The zero-order valence-electron chi connectivity index (χ0n) is 16.3. The van der Waals surface area contributed by atoms with Crippen molar-refractivity contribution in [3.63, 3.8) is 0 Å². The number of carbonyl (C=O) groups excluding carboxylic acids is 1. The van der Waals surface area contributed by atoms with Crippen LogP contribution in [-0.4, -0.2) is 28.8 Å². The molecule has 2 heterocycles. The highest BCUT2D eigenvalue weighted by atomic mass is 19.4. The van der Waals surface area contributed by atoms with Crippen molar-refractivity contribution in [1.29, 1.82) is 0 Å². The SMILES string of the molecule is Cc1ncccc1C(=O)c1nc(NCC(CN)c2ccccc2)ccc1C(F)(F)F. The molecule has 30 heavy (non-hydrogen) atoms. The molecule has 0 saturated heterocycles. The van der Waals surface area contributed by atoms with Crippen LogP contribution in [0.25, 0.3) is 0 Å². The van der Waals surface area contributed by atoms with Crippen LogP contribution in [-0.2, 0) is 6.18 Å². The van der Waals surface area contributed by atoms with Gasteiger partial charge in [-0.25, -0.2) is 4.98 Å². The number of nitrogens with one attached hydrogen (secondary N) is 1. The third-order valence-electron chi connectivity index (χ3n) is 4.75. The molecule has 3 rings (SSSR count). The lowest BCUT2D eigenvalue weighted by atomic mass is 9.99. The Labute approximate surface area is 172 Å². The molecule has 0 aliphatic carbocycles. The molecule has 0 spiro atoms. The second-order valence-corrected chi connectivity index (χ2v) is 6.78. The van der Waals surface area contributed by atoms with Crippen molar-refractivity contribution in [2.75, 3.05) is 18.4 Å². The summed E-state index contributed by atoms with van der Waals surface area (Å²) in [5.41, 5.74) is 5.53. The minimum atomic E-state index is -4.71. The van der Waals surface area contributed by atoms with Crippen molar-refractivity contribution in [1.82, 2.24) is 9.97 Å². The third kappa shape index (κ3) is 4.83. The Balaban J connectivity index is 1.91. The first-order chi connectivity index (χ1) is 14.3. The summed E-state index contributed by atoms with van der Waals surface area (Å²) < 4.78 is 40.5. The summed E-state index contributed by atoms with van der Waals surface area (Å²) in [6, 6.07) is 14.6. The predicted octanol–water partition coefficient (Wildman–Crippen LogP) is 4.19. The molecule has 0 amide bonds. The van der Waals surface area contributed by atoms with Crippen molar-refractivity contribution in [3.05, 3.63) is 88.9 Å². The quantitative estimate of drug-likeness (QED) is 0.567.